The average Bonchev–Trinajstić information content (AvgIpc) is 2.26. The minimum atomic E-state index is -0.997. The first-order valence-corrected chi connectivity index (χ1v) is 6.68. The van der Waals surface area contributed by atoms with E-state index in [0.717, 1.165) is 11.4 Å². The van der Waals surface area contributed by atoms with Gasteiger partial charge in [-0.15, -0.1) is 0 Å². The van der Waals surface area contributed by atoms with Crippen LogP contribution in [0.3, 0.4) is 0 Å². The maximum Gasteiger partial charge on any atom is 0.336 e. The fourth-order valence-electron chi connectivity index (χ4n) is 1.59. The minimum Gasteiger partial charge on any atom is -0.478 e. The van der Waals surface area contributed by atoms with Crippen molar-refractivity contribution in [1.29, 1.82) is 0 Å². The summed E-state index contributed by atoms with van der Waals surface area (Å²) in [5.41, 5.74) is 1.87. The molecule has 4 nitrogen and oxygen atoms in total. The summed E-state index contributed by atoms with van der Waals surface area (Å²) in [7, 11) is 0. The third-order valence-electron chi connectivity index (χ3n) is 2.34. The van der Waals surface area contributed by atoms with Gasteiger partial charge in [0.05, 0.1) is 5.56 Å². The number of aryl methyl sites for hydroxylation is 2. The third kappa shape index (κ3) is 3.45. The van der Waals surface area contributed by atoms with E-state index in [1.807, 2.05) is 19.9 Å². The van der Waals surface area contributed by atoms with Gasteiger partial charge in [0.25, 0.3) is 0 Å². The molecule has 0 radical (unpaired) electrons. The number of carboxylic acid groups (broad SMARTS) is 1. The smallest absolute Gasteiger partial charge is 0.336 e. The quantitative estimate of drug-likeness (QED) is 0.876. The van der Waals surface area contributed by atoms with Crippen LogP contribution in [0.2, 0.25) is 5.02 Å². The van der Waals surface area contributed by atoms with E-state index in [1.54, 1.807) is 12.1 Å². The van der Waals surface area contributed by atoms with Gasteiger partial charge in [-0.05, 0) is 49.9 Å². The Kier molecular flexibility index (Phi) is 4.07. The van der Waals surface area contributed by atoms with Gasteiger partial charge in [0.1, 0.15) is 0 Å². The number of aromatic carboxylic acids is 1. The van der Waals surface area contributed by atoms with Crippen molar-refractivity contribution in [2.45, 2.75) is 23.9 Å². The molecule has 1 N–H and O–H groups in total. The summed E-state index contributed by atoms with van der Waals surface area (Å²) in [6, 6.07) is 6.50. The van der Waals surface area contributed by atoms with E-state index in [1.165, 1.54) is 17.8 Å². The van der Waals surface area contributed by atoms with E-state index < -0.39 is 5.97 Å². The van der Waals surface area contributed by atoms with Crippen LogP contribution < -0.4 is 0 Å². The number of halogens is 1. The number of aromatic nitrogens is 2. The molecule has 0 spiro atoms. The minimum absolute atomic E-state index is 0.192. The van der Waals surface area contributed by atoms with E-state index in [9.17, 15) is 4.79 Å². The first-order chi connectivity index (χ1) is 8.95. The summed E-state index contributed by atoms with van der Waals surface area (Å²) in [4.78, 5) is 20.2. The highest BCUT2D eigenvalue weighted by Crippen LogP contribution is 2.30. The molecular weight excluding hydrogens is 284 g/mol. The Morgan fingerprint density at radius 3 is 2.42 bits per heavy atom. The molecular formula is C13H11ClN2O2S. The largest absolute Gasteiger partial charge is 0.478 e. The van der Waals surface area contributed by atoms with E-state index in [-0.39, 0.29) is 5.56 Å². The van der Waals surface area contributed by atoms with Crippen LogP contribution in [0.1, 0.15) is 21.7 Å². The van der Waals surface area contributed by atoms with Crippen molar-refractivity contribution in [3.05, 3.63) is 46.2 Å². The van der Waals surface area contributed by atoms with Gasteiger partial charge in [0.15, 0.2) is 5.16 Å². The van der Waals surface area contributed by atoms with Crippen LogP contribution in [0.15, 0.2) is 34.3 Å². The lowest BCUT2D eigenvalue weighted by Crippen LogP contribution is -1.99. The van der Waals surface area contributed by atoms with Crippen LogP contribution in [-0.4, -0.2) is 21.0 Å². The van der Waals surface area contributed by atoms with Gasteiger partial charge in [-0.25, -0.2) is 14.8 Å². The van der Waals surface area contributed by atoms with Crippen LogP contribution in [0, 0.1) is 13.8 Å². The van der Waals surface area contributed by atoms with Gasteiger partial charge in [0, 0.05) is 21.3 Å². The maximum atomic E-state index is 11.2. The molecule has 2 rings (SSSR count). The van der Waals surface area contributed by atoms with E-state index in [0.29, 0.717) is 15.1 Å². The predicted molar refractivity (Wildman–Crippen MR) is 74.0 cm³/mol. The van der Waals surface area contributed by atoms with Crippen molar-refractivity contribution in [2.75, 3.05) is 0 Å². The van der Waals surface area contributed by atoms with Crippen LogP contribution >= 0.6 is 23.4 Å². The predicted octanol–water partition coefficient (Wildman–Crippen LogP) is 3.60. The van der Waals surface area contributed by atoms with Crippen LogP contribution in [0.5, 0.6) is 0 Å². The maximum absolute atomic E-state index is 11.2. The number of benzene rings is 1. The molecule has 0 bridgehead atoms. The topological polar surface area (TPSA) is 63.1 Å². The van der Waals surface area contributed by atoms with Gasteiger partial charge in [0.2, 0.25) is 0 Å². The zero-order chi connectivity index (χ0) is 14.0. The van der Waals surface area contributed by atoms with Crippen molar-refractivity contribution in [1.82, 2.24) is 9.97 Å². The second-order valence-electron chi connectivity index (χ2n) is 3.98. The molecule has 0 saturated heterocycles. The summed E-state index contributed by atoms with van der Waals surface area (Å²) in [5.74, 6) is -0.997. The fourth-order valence-corrected chi connectivity index (χ4v) is 2.86. The van der Waals surface area contributed by atoms with Crippen molar-refractivity contribution in [3.63, 3.8) is 0 Å². The van der Waals surface area contributed by atoms with Crippen molar-refractivity contribution in [3.8, 4) is 0 Å². The highest BCUT2D eigenvalue weighted by Gasteiger charge is 2.13. The van der Waals surface area contributed by atoms with Crippen molar-refractivity contribution >= 4 is 29.3 Å². The number of rotatable bonds is 3. The lowest BCUT2D eigenvalue weighted by atomic mass is 10.2. The summed E-state index contributed by atoms with van der Waals surface area (Å²) in [6.45, 7) is 3.74. The average molecular weight is 295 g/mol. The molecule has 1 aromatic heterocycles. The Hall–Kier alpha value is -1.59. The van der Waals surface area contributed by atoms with E-state index in [4.69, 9.17) is 16.7 Å². The first-order valence-electron chi connectivity index (χ1n) is 5.48. The molecule has 19 heavy (non-hydrogen) atoms. The second-order valence-corrected chi connectivity index (χ2v) is 5.43. The van der Waals surface area contributed by atoms with Crippen LogP contribution in [0.25, 0.3) is 0 Å². The molecule has 0 aliphatic heterocycles. The molecule has 1 heterocycles. The monoisotopic (exact) mass is 294 g/mol. The standard InChI is InChI=1S/C13H11ClN2O2S/c1-7-5-8(2)16-13(15-7)19-11-6-9(14)3-4-10(11)12(17)18/h3-6H,1-2H3,(H,17,18). The normalized spacial score (nSPS) is 10.5. The zero-order valence-electron chi connectivity index (χ0n) is 10.3. The van der Waals surface area contributed by atoms with Gasteiger partial charge in [-0.3, -0.25) is 0 Å². The van der Waals surface area contributed by atoms with E-state index in [2.05, 4.69) is 9.97 Å². The molecule has 0 atom stereocenters. The fraction of sp³-hybridized carbons (Fsp3) is 0.154. The highest BCUT2D eigenvalue weighted by atomic mass is 35.5. The summed E-state index contributed by atoms with van der Waals surface area (Å²) in [6.07, 6.45) is 0. The van der Waals surface area contributed by atoms with Crippen molar-refractivity contribution < 1.29 is 9.90 Å². The molecule has 0 fully saturated rings. The van der Waals surface area contributed by atoms with Crippen LogP contribution in [0.4, 0.5) is 0 Å². The second kappa shape index (κ2) is 5.59. The number of nitrogens with zero attached hydrogens (tertiary/aromatic N) is 2. The molecule has 0 aliphatic rings. The lowest BCUT2D eigenvalue weighted by molar-refractivity contribution is 0.0693. The summed E-state index contributed by atoms with van der Waals surface area (Å²) in [5, 5.41) is 10.1. The molecule has 1 aromatic carbocycles. The van der Waals surface area contributed by atoms with Gasteiger partial charge in [-0.1, -0.05) is 11.6 Å². The van der Waals surface area contributed by atoms with Gasteiger partial charge >= 0.3 is 5.97 Å². The Morgan fingerprint density at radius 1 is 1.21 bits per heavy atom. The number of carboxylic acids is 1. The summed E-state index contributed by atoms with van der Waals surface area (Å²) >= 11 is 7.10. The summed E-state index contributed by atoms with van der Waals surface area (Å²) < 4.78 is 0. The van der Waals surface area contributed by atoms with Crippen LogP contribution in [-0.2, 0) is 0 Å². The molecule has 6 heteroatoms. The van der Waals surface area contributed by atoms with Gasteiger partial charge in [-0.2, -0.15) is 0 Å². The van der Waals surface area contributed by atoms with Crippen molar-refractivity contribution in [2.24, 2.45) is 0 Å². The van der Waals surface area contributed by atoms with Gasteiger partial charge < -0.3 is 5.11 Å². The number of hydrogen-bond donors (Lipinski definition) is 1. The third-order valence-corrected chi connectivity index (χ3v) is 3.50. The molecule has 0 aliphatic carbocycles. The molecule has 0 saturated carbocycles. The Labute approximate surface area is 119 Å². The molecule has 0 amide bonds. The number of carbonyl (C=O) groups is 1. The molecule has 2 aromatic rings. The first kappa shape index (κ1) is 13.8. The zero-order valence-corrected chi connectivity index (χ0v) is 11.9. The molecule has 98 valence electrons. The number of hydrogen-bond acceptors (Lipinski definition) is 4. The van der Waals surface area contributed by atoms with E-state index >= 15 is 0 Å². The highest BCUT2D eigenvalue weighted by molar-refractivity contribution is 7.99. The Balaban J connectivity index is 2.42. The Bertz CT molecular complexity index is 626. The Morgan fingerprint density at radius 2 is 1.84 bits per heavy atom. The SMILES string of the molecule is Cc1cc(C)nc(Sc2cc(Cl)ccc2C(=O)O)n1. The molecule has 0 unspecified atom stereocenters. The lowest BCUT2D eigenvalue weighted by Gasteiger charge is -2.06.